The molecule has 0 aliphatic rings. The Morgan fingerprint density at radius 3 is 1.25 bits per heavy atom. The molecule has 0 aromatic carbocycles. The monoisotopic (exact) mass is 150 g/mol. The molecule has 0 aromatic heterocycles. The van der Waals surface area contributed by atoms with Crippen molar-refractivity contribution in [1.29, 1.82) is 0 Å². The summed E-state index contributed by atoms with van der Waals surface area (Å²) in [5, 5.41) is 0. The molecule has 0 fully saturated rings. The van der Waals surface area contributed by atoms with Crippen molar-refractivity contribution in [3.8, 4) is 0 Å². The van der Waals surface area contributed by atoms with Gasteiger partial charge in [-0.1, -0.05) is 0 Å². The molecule has 0 spiro atoms. The fraction of sp³-hybridized carbons (Fsp3) is 0. The van der Waals surface area contributed by atoms with Gasteiger partial charge in [-0.2, -0.15) is 0 Å². The molecule has 0 aromatic rings. The molecule has 0 unspecified atom stereocenters. The number of hydrogen-bond acceptors (Lipinski definition) is 1. The van der Waals surface area contributed by atoms with Crippen LogP contribution in [0.2, 0.25) is 0 Å². The van der Waals surface area contributed by atoms with Gasteiger partial charge in [-0.25, -0.2) is 0 Å². The maximum atomic E-state index is 8.00. The second kappa shape index (κ2) is 23.1. The van der Waals surface area contributed by atoms with Gasteiger partial charge < -0.3 is 0 Å². The average Bonchev–Trinajstić information content (AvgIpc) is 1.00. The summed E-state index contributed by atoms with van der Waals surface area (Å²) in [6.07, 6.45) is 0. The Bertz CT molecular complexity index is 8.00. The van der Waals surface area contributed by atoms with Gasteiger partial charge in [0.15, 0.2) is 0 Å². The first-order valence-electron chi connectivity index (χ1n) is 0.144. The molecular weight excluding hydrogens is 148 g/mol. The van der Waals surface area contributed by atoms with Crippen molar-refractivity contribution in [3.63, 3.8) is 0 Å². The molecule has 4 heavy (non-hydrogen) atoms. The molecule has 0 amide bonds. The molecule has 4 heteroatoms. The molecule has 0 aliphatic heterocycles. The molecule has 0 atom stereocenters. The molecular formula is H2CrFeMgO. The summed E-state index contributed by atoms with van der Waals surface area (Å²) in [4.78, 5) is 0. The summed E-state index contributed by atoms with van der Waals surface area (Å²) in [5.74, 6) is 0. The van der Waals surface area contributed by atoms with Gasteiger partial charge in [0, 0.05) is 17.4 Å². The SMILES string of the molecule is [Cr].[MgH2].[O]=[Fe]. The van der Waals surface area contributed by atoms with E-state index in [-0.39, 0.29) is 40.4 Å². The van der Waals surface area contributed by atoms with E-state index in [4.69, 9.17) is 3.83 Å². The van der Waals surface area contributed by atoms with E-state index in [9.17, 15) is 0 Å². The topological polar surface area (TPSA) is 17.1 Å². The average molecular weight is 150 g/mol. The van der Waals surface area contributed by atoms with Crippen LogP contribution in [0.4, 0.5) is 0 Å². The molecule has 1 nitrogen and oxygen atoms in total. The summed E-state index contributed by atoms with van der Waals surface area (Å²) in [7, 11) is 0. The zero-order chi connectivity index (χ0) is 2.00. The first-order chi connectivity index (χ1) is 1.00. The molecule has 0 aliphatic carbocycles. The zero-order valence-corrected chi connectivity index (χ0v) is 3.55. The van der Waals surface area contributed by atoms with Crippen LogP contribution in [-0.2, 0) is 37.1 Å². The molecule has 24 valence electrons. The first-order valence-corrected chi connectivity index (χ1v) is 0.595. The van der Waals surface area contributed by atoms with Crippen LogP contribution in [0.5, 0.6) is 0 Å². The van der Waals surface area contributed by atoms with Gasteiger partial charge in [0.2, 0.25) is 0 Å². The van der Waals surface area contributed by atoms with Crippen molar-refractivity contribution in [1.82, 2.24) is 0 Å². The van der Waals surface area contributed by atoms with E-state index in [2.05, 4.69) is 0 Å². The molecule has 0 bridgehead atoms. The van der Waals surface area contributed by atoms with Crippen molar-refractivity contribution in [3.05, 3.63) is 0 Å². The summed E-state index contributed by atoms with van der Waals surface area (Å²) in [5.41, 5.74) is 0. The zero-order valence-electron chi connectivity index (χ0n) is 1.17. The summed E-state index contributed by atoms with van der Waals surface area (Å²) >= 11 is 2.00. The fourth-order valence-electron chi connectivity index (χ4n) is 0. The molecule has 0 rings (SSSR count). The van der Waals surface area contributed by atoms with Crippen LogP contribution < -0.4 is 0 Å². The van der Waals surface area contributed by atoms with E-state index in [1.165, 1.54) is 0 Å². The van der Waals surface area contributed by atoms with Crippen LogP contribution in [-0.4, -0.2) is 23.1 Å². The Kier molecular flexibility index (Phi) is 101. The van der Waals surface area contributed by atoms with Crippen LogP contribution in [0.1, 0.15) is 0 Å². The molecule has 0 radical (unpaired) electrons. The summed E-state index contributed by atoms with van der Waals surface area (Å²) in [6, 6.07) is 0. The Labute approximate surface area is 59.8 Å². The quantitative estimate of drug-likeness (QED) is 0.403. The molecule has 0 saturated carbocycles. The number of rotatable bonds is 0. The molecule has 0 N–H and O–H groups in total. The summed E-state index contributed by atoms with van der Waals surface area (Å²) < 4.78 is 8.00. The van der Waals surface area contributed by atoms with Crippen LogP contribution >= 0.6 is 0 Å². The van der Waals surface area contributed by atoms with E-state index >= 15 is 0 Å². The van der Waals surface area contributed by atoms with E-state index in [1.54, 1.807) is 0 Å². The van der Waals surface area contributed by atoms with Gasteiger partial charge in [0.25, 0.3) is 0 Å². The van der Waals surface area contributed by atoms with E-state index in [0.29, 0.717) is 0 Å². The van der Waals surface area contributed by atoms with Crippen molar-refractivity contribution < 1.29 is 37.1 Å². The first kappa shape index (κ1) is 17.5. The van der Waals surface area contributed by atoms with Gasteiger partial charge in [-0.05, 0) is 0 Å². The maximum absolute atomic E-state index is 8.00. The summed E-state index contributed by atoms with van der Waals surface area (Å²) in [6.45, 7) is 0. The molecule has 0 heterocycles. The fourth-order valence-corrected chi connectivity index (χ4v) is 0. The number of hydrogen-bond donors (Lipinski definition) is 0. The van der Waals surface area contributed by atoms with Crippen LogP contribution in [0, 0.1) is 0 Å². The van der Waals surface area contributed by atoms with E-state index in [1.807, 2.05) is 15.9 Å². The van der Waals surface area contributed by atoms with E-state index < -0.39 is 0 Å². The van der Waals surface area contributed by atoms with Crippen molar-refractivity contribution in [2.24, 2.45) is 0 Å². The second-order valence-corrected chi connectivity index (χ2v) is 0. The minimum atomic E-state index is 0. The Balaban J connectivity index is -0.00000000500. The second-order valence-electron chi connectivity index (χ2n) is 0. The van der Waals surface area contributed by atoms with Crippen molar-refractivity contribution >= 4 is 23.1 Å². The Morgan fingerprint density at radius 1 is 1.25 bits per heavy atom. The third-order valence-electron chi connectivity index (χ3n) is 0. The van der Waals surface area contributed by atoms with Crippen LogP contribution in [0.25, 0.3) is 0 Å². The standard InChI is InChI=1S/Cr.Fe.Mg.O.2H. The van der Waals surface area contributed by atoms with Gasteiger partial charge >= 0.3 is 42.8 Å². The third kappa shape index (κ3) is 9.47. The minimum absolute atomic E-state index is 0. The normalized spacial score (nSPS) is 1.25. The Morgan fingerprint density at radius 2 is 1.25 bits per heavy atom. The Hall–Kier alpha value is 1.62. The van der Waals surface area contributed by atoms with Gasteiger partial charge in [-0.15, -0.1) is 0 Å². The van der Waals surface area contributed by atoms with Crippen molar-refractivity contribution in [2.75, 3.05) is 0 Å². The predicted molar refractivity (Wildman–Crippen MR) is 9.23 cm³/mol. The van der Waals surface area contributed by atoms with Crippen LogP contribution in [0.3, 0.4) is 0 Å². The molecule has 0 saturated heterocycles. The van der Waals surface area contributed by atoms with Crippen molar-refractivity contribution in [2.45, 2.75) is 0 Å². The third-order valence-corrected chi connectivity index (χ3v) is 0. The van der Waals surface area contributed by atoms with E-state index in [0.717, 1.165) is 0 Å². The van der Waals surface area contributed by atoms with Gasteiger partial charge in [0.1, 0.15) is 0 Å². The van der Waals surface area contributed by atoms with Gasteiger partial charge in [0.05, 0.1) is 0 Å². The van der Waals surface area contributed by atoms with Crippen LogP contribution in [0.15, 0.2) is 0 Å². The predicted octanol–water partition coefficient (Wildman–Crippen LogP) is -1.04. The van der Waals surface area contributed by atoms with Gasteiger partial charge in [-0.3, -0.25) is 0 Å².